The van der Waals surface area contributed by atoms with Gasteiger partial charge in [0.2, 0.25) is 0 Å². The van der Waals surface area contributed by atoms with Crippen LogP contribution in [0.25, 0.3) is 0 Å². The van der Waals surface area contributed by atoms with Gasteiger partial charge in [0.15, 0.2) is 0 Å². The van der Waals surface area contributed by atoms with Crippen molar-refractivity contribution in [2.75, 3.05) is 0 Å². The maximum atomic E-state index is 13.4. The van der Waals surface area contributed by atoms with Crippen LogP contribution in [0.3, 0.4) is 0 Å². The summed E-state index contributed by atoms with van der Waals surface area (Å²) in [6.07, 6.45) is 0. The summed E-state index contributed by atoms with van der Waals surface area (Å²) in [5, 5.41) is -0.791. The molecule has 2 unspecified atom stereocenters. The van der Waals surface area contributed by atoms with Gasteiger partial charge in [-0.05, 0) is 11.8 Å². The Morgan fingerprint density at radius 1 is 1.00 bits per heavy atom. The number of hydrogen-bond donors (Lipinski definition) is 0. The molecule has 0 spiro atoms. The summed E-state index contributed by atoms with van der Waals surface area (Å²) in [6, 6.07) is 1.31. The largest absolute Gasteiger partial charge is 0.207 e. The Kier molecular flexibility index (Phi) is 4.25. The Morgan fingerprint density at radius 3 is 1.81 bits per heavy atom. The average molecular weight is 251 g/mol. The van der Waals surface area contributed by atoms with E-state index in [-0.39, 0.29) is 17.4 Å². The number of alkyl halides is 1. The van der Waals surface area contributed by atoms with Crippen molar-refractivity contribution in [1.82, 2.24) is 0 Å². The van der Waals surface area contributed by atoms with Gasteiger partial charge >= 0.3 is 0 Å². The fraction of sp³-hybridized carbons (Fsp3) is 0.500. The van der Waals surface area contributed by atoms with Crippen LogP contribution in [0.1, 0.15) is 31.7 Å². The topological polar surface area (TPSA) is 0 Å². The summed E-state index contributed by atoms with van der Waals surface area (Å²) >= 11 is 6.01. The van der Waals surface area contributed by atoms with Gasteiger partial charge in [-0.2, -0.15) is 0 Å². The molecule has 0 nitrogen and oxygen atoms in total. The Morgan fingerprint density at radius 2 is 1.44 bits per heavy atom. The second-order valence-corrected chi connectivity index (χ2v) is 4.76. The van der Waals surface area contributed by atoms with Gasteiger partial charge in [0, 0.05) is 17.7 Å². The second kappa shape index (κ2) is 5.09. The molecule has 1 aromatic rings. The van der Waals surface area contributed by atoms with Crippen molar-refractivity contribution in [2.24, 2.45) is 11.8 Å². The van der Waals surface area contributed by atoms with Gasteiger partial charge in [0.25, 0.3) is 0 Å². The molecule has 90 valence electrons. The van der Waals surface area contributed by atoms with Crippen molar-refractivity contribution in [3.05, 3.63) is 35.1 Å². The zero-order valence-corrected chi connectivity index (χ0v) is 10.2. The molecule has 16 heavy (non-hydrogen) atoms. The Hall–Kier alpha value is -0.700. The van der Waals surface area contributed by atoms with Crippen molar-refractivity contribution < 1.29 is 13.2 Å². The minimum absolute atomic E-state index is 0.101. The van der Waals surface area contributed by atoms with E-state index in [4.69, 9.17) is 11.6 Å². The molecule has 0 heterocycles. The molecule has 4 heteroatoms. The molecule has 0 saturated carbocycles. The van der Waals surface area contributed by atoms with Crippen molar-refractivity contribution in [1.29, 1.82) is 0 Å². The molecule has 0 radical (unpaired) electrons. The van der Waals surface area contributed by atoms with Crippen LogP contribution in [-0.2, 0) is 0 Å². The molecular weight excluding hydrogens is 237 g/mol. The standard InChI is InChI=1S/C12H14ClF3/c1-6(2)7(3)12(13)11-9(15)4-8(14)5-10(11)16/h4-7,12H,1-3H3. The minimum Gasteiger partial charge on any atom is -0.207 e. The summed E-state index contributed by atoms with van der Waals surface area (Å²) in [6.45, 7) is 5.64. The van der Waals surface area contributed by atoms with E-state index in [1.807, 2.05) is 20.8 Å². The maximum absolute atomic E-state index is 13.4. The molecule has 0 amide bonds. The van der Waals surface area contributed by atoms with Crippen LogP contribution in [0.5, 0.6) is 0 Å². The molecule has 0 bridgehead atoms. The molecule has 0 aliphatic heterocycles. The van der Waals surface area contributed by atoms with Gasteiger partial charge in [-0.1, -0.05) is 20.8 Å². The van der Waals surface area contributed by atoms with Crippen molar-refractivity contribution in [3.8, 4) is 0 Å². The van der Waals surface area contributed by atoms with Crippen LogP contribution < -0.4 is 0 Å². The Balaban J connectivity index is 3.13. The van der Waals surface area contributed by atoms with Gasteiger partial charge < -0.3 is 0 Å². The summed E-state index contributed by atoms with van der Waals surface area (Å²) in [4.78, 5) is 0. The normalized spacial score (nSPS) is 15.2. The summed E-state index contributed by atoms with van der Waals surface area (Å²) in [5.41, 5.74) is -0.246. The van der Waals surface area contributed by atoms with Gasteiger partial charge in [-0.25, -0.2) is 13.2 Å². The van der Waals surface area contributed by atoms with E-state index in [0.29, 0.717) is 12.1 Å². The first-order valence-corrected chi connectivity index (χ1v) is 5.56. The summed E-state index contributed by atoms with van der Waals surface area (Å²) < 4.78 is 39.6. The molecule has 0 saturated heterocycles. The Bertz CT molecular complexity index is 354. The minimum atomic E-state index is -0.931. The van der Waals surface area contributed by atoms with Crippen LogP contribution in [0, 0.1) is 29.3 Å². The molecule has 0 N–H and O–H groups in total. The molecular formula is C12H14ClF3. The van der Waals surface area contributed by atoms with E-state index in [1.54, 1.807) is 0 Å². The number of hydrogen-bond acceptors (Lipinski definition) is 0. The van der Waals surface area contributed by atoms with E-state index in [1.165, 1.54) is 0 Å². The highest BCUT2D eigenvalue weighted by atomic mass is 35.5. The highest BCUT2D eigenvalue weighted by Gasteiger charge is 2.26. The van der Waals surface area contributed by atoms with E-state index in [0.717, 1.165) is 0 Å². The smallest absolute Gasteiger partial charge is 0.133 e. The van der Waals surface area contributed by atoms with Crippen molar-refractivity contribution >= 4 is 11.6 Å². The Labute approximate surface area is 98.4 Å². The lowest BCUT2D eigenvalue weighted by atomic mass is 9.90. The SMILES string of the molecule is CC(C)C(C)C(Cl)c1c(F)cc(F)cc1F. The predicted molar refractivity (Wildman–Crippen MR) is 58.9 cm³/mol. The van der Waals surface area contributed by atoms with Crippen LogP contribution >= 0.6 is 11.6 Å². The lowest BCUT2D eigenvalue weighted by Gasteiger charge is -2.22. The number of rotatable bonds is 3. The zero-order chi connectivity index (χ0) is 12.5. The second-order valence-electron chi connectivity index (χ2n) is 4.29. The quantitative estimate of drug-likeness (QED) is 0.684. The maximum Gasteiger partial charge on any atom is 0.133 e. The number of benzene rings is 1. The average Bonchev–Trinajstić information content (AvgIpc) is 2.14. The summed E-state index contributed by atoms with van der Waals surface area (Å²) in [7, 11) is 0. The van der Waals surface area contributed by atoms with E-state index in [2.05, 4.69) is 0 Å². The lowest BCUT2D eigenvalue weighted by Crippen LogP contribution is -2.14. The zero-order valence-electron chi connectivity index (χ0n) is 9.40. The molecule has 2 atom stereocenters. The molecule has 0 aliphatic carbocycles. The van der Waals surface area contributed by atoms with E-state index < -0.39 is 22.8 Å². The van der Waals surface area contributed by atoms with Crippen molar-refractivity contribution in [3.63, 3.8) is 0 Å². The third-order valence-corrected chi connectivity index (χ3v) is 3.45. The lowest BCUT2D eigenvalue weighted by molar-refractivity contribution is 0.388. The predicted octanol–water partition coefficient (Wildman–Crippen LogP) is 4.68. The van der Waals surface area contributed by atoms with Gasteiger partial charge in [-0.3, -0.25) is 0 Å². The molecule has 0 aromatic heterocycles. The third-order valence-electron chi connectivity index (χ3n) is 2.83. The van der Waals surface area contributed by atoms with Gasteiger partial charge in [-0.15, -0.1) is 11.6 Å². The third kappa shape index (κ3) is 2.70. The summed E-state index contributed by atoms with van der Waals surface area (Å²) in [5.74, 6) is -2.70. The molecule has 0 aliphatic rings. The van der Waals surface area contributed by atoms with Gasteiger partial charge in [0.1, 0.15) is 17.5 Å². The fourth-order valence-electron chi connectivity index (χ4n) is 1.42. The highest BCUT2D eigenvalue weighted by molar-refractivity contribution is 6.21. The van der Waals surface area contributed by atoms with Crippen LogP contribution in [-0.4, -0.2) is 0 Å². The monoisotopic (exact) mass is 250 g/mol. The molecule has 1 rings (SSSR count). The molecule has 0 fully saturated rings. The van der Waals surface area contributed by atoms with Crippen molar-refractivity contribution in [2.45, 2.75) is 26.1 Å². The molecule has 1 aromatic carbocycles. The van der Waals surface area contributed by atoms with Crippen LogP contribution in [0.4, 0.5) is 13.2 Å². The first kappa shape index (κ1) is 13.4. The van der Waals surface area contributed by atoms with Gasteiger partial charge in [0.05, 0.1) is 5.38 Å². The number of halogens is 4. The van der Waals surface area contributed by atoms with Crippen LogP contribution in [0.15, 0.2) is 12.1 Å². The first-order valence-electron chi connectivity index (χ1n) is 5.13. The van der Waals surface area contributed by atoms with Crippen LogP contribution in [0.2, 0.25) is 0 Å². The highest BCUT2D eigenvalue weighted by Crippen LogP contribution is 2.36. The first-order chi connectivity index (χ1) is 7.34. The van der Waals surface area contributed by atoms with E-state index in [9.17, 15) is 13.2 Å². The fourth-order valence-corrected chi connectivity index (χ4v) is 1.92. The van der Waals surface area contributed by atoms with E-state index >= 15 is 0 Å².